The molecule has 1 rings (SSSR count). The predicted octanol–water partition coefficient (Wildman–Crippen LogP) is 1.14. The van der Waals surface area contributed by atoms with Crippen LogP contribution in [-0.4, -0.2) is 43.4 Å². The Hall–Kier alpha value is -0.230. The Balaban J connectivity index is 2.52. The molecule has 1 aliphatic heterocycles. The molecular weight excluding hydrogens is 244 g/mol. The summed E-state index contributed by atoms with van der Waals surface area (Å²) >= 11 is 1.67. The molecule has 16 heavy (non-hydrogen) atoms. The van der Waals surface area contributed by atoms with E-state index >= 15 is 0 Å². The first-order valence-electron chi connectivity index (χ1n) is 5.43. The maximum Gasteiger partial charge on any atom is 0.157 e. The largest absolute Gasteiger partial charge is 0.361 e. The summed E-state index contributed by atoms with van der Waals surface area (Å²) in [5.41, 5.74) is 0. The number of nitrogens with zero attached hydrogens (tertiary/aromatic N) is 1. The van der Waals surface area contributed by atoms with E-state index in [0.29, 0.717) is 12.0 Å². The zero-order chi connectivity index (χ0) is 12.3. The number of amidine groups is 1. The first-order chi connectivity index (χ1) is 7.28. The molecule has 0 aliphatic carbocycles. The van der Waals surface area contributed by atoms with E-state index in [1.54, 1.807) is 11.8 Å². The van der Waals surface area contributed by atoms with Gasteiger partial charge in [0.2, 0.25) is 0 Å². The molecule has 0 saturated carbocycles. The van der Waals surface area contributed by atoms with Crippen molar-refractivity contribution in [1.82, 2.24) is 5.32 Å². The minimum absolute atomic E-state index is 0.0816. The minimum atomic E-state index is -2.93. The molecule has 0 bridgehead atoms. The van der Waals surface area contributed by atoms with Crippen LogP contribution in [0.1, 0.15) is 20.8 Å². The van der Waals surface area contributed by atoms with E-state index in [2.05, 4.69) is 24.2 Å². The summed E-state index contributed by atoms with van der Waals surface area (Å²) in [6.45, 7) is 6.14. The fourth-order valence-electron chi connectivity index (χ4n) is 1.48. The van der Waals surface area contributed by atoms with Crippen LogP contribution in [0.3, 0.4) is 0 Å². The third-order valence-corrected chi connectivity index (χ3v) is 4.84. The number of thioether (sulfide) groups is 1. The molecule has 6 heteroatoms. The first kappa shape index (κ1) is 13.8. The van der Waals surface area contributed by atoms with Gasteiger partial charge in [-0.3, -0.25) is 4.99 Å². The molecule has 3 unspecified atom stereocenters. The smallest absolute Gasteiger partial charge is 0.157 e. The van der Waals surface area contributed by atoms with E-state index in [1.807, 2.05) is 6.92 Å². The molecule has 0 spiro atoms. The Morgan fingerprint density at radius 1 is 1.56 bits per heavy atom. The monoisotopic (exact) mass is 264 g/mol. The summed E-state index contributed by atoms with van der Waals surface area (Å²) in [4.78, 5) is 4.51. The Bertz CT molecular complexity index is 365. The molecule has 0 aromatic carbocycles. The Labute approximate surface area is 102 Å². The summed E-state index contributed by atoms with van der Waals surface area (Å²) in [5.74, 6) is 1.77. The van der Waals surface area contributed by atoms with Crippen molar-refractivity contribution in [3.8, 4) is 0 Å². The van der Waals surface area contributed by atoms with E-state index < -0.39 is 9.84 Å². The van der Waals surface area contributed by atoms with E-state index in [0.717, 1.165) is 10.9 Å². The number of nitrogens with one attached hydrogen (secondary N) is 1. The van der Waals surface area contributed by atoms with Gasteiger partial charge >= 0.3 is 0 Å². The van der Waals surface area contributed by atoms with Crippen molar-refractivity contribution >= 4 is 26.8 Å². The number of aliphatic imine (C=N–C) groups is 1. The number of hydrogen-bond donors (Lipinski definition) is 1. The second kappa shape index (κ2) is 5.40. The Morgan fingerprint density at radius 2 is 2.19 bits per heavy atom. The van der Waals surface area contributed by atoms with Crippen LogP contribution in [0.2, 0.25) is 0 Å². The van der Waals surface area contributed by atoms with Crippen molar-refractivity contribution < 1.29 is 8.42 Å². The molecule has 94 valence electrons. The third-order valence-electron chi connectivity index (χ3n) is 2.55. The molecule has 1 aliphatic rings. The molecule has 0 aromatic rings. The minimum Gasteiger partial charge on any atom is -0.361 e. The number of sulfone groups is 1. The summed E-state index contributed by atoms with van der Waals surface area (Å²) in [6.07, 6.45) is 1.26. The van der Waals surface area contributed by atoms with Crippen molar-refractivity contribution in [1.29, 1.82) is 0 Å². The molecule has 1 heterocycles. The first-order valence-corrected chi connectivity index (χ1v) is 8.47. The number of hydrogen-bond acceptors (Lipinski definition) is 5. The van der Waals surface area contributed by atoms with Crippen molar-refractivity contribution in [2.75, 3.05) is 17.8 Å². The van der Waals surface area contributed by atoms with Crippen molar-refractivity contribution in [3.05, 3.63) is 0 Å². The second-order valence-corrected chi connectivity index (χ2v) is 7.79. The second-order valence-electron chi connectivity index (χ2n) is 4.60. The van der Waals surface area contributed by atoms with Gasteiger partial charge in [0.1, 0.15) is 9.84 Å². The molecule has 0 aromatic heterocycles. The van der Waals surface area contributed by atoms with Crippen LogP contribution in [0, 0.1) is 5.92 Å². The Morgan fingerprint density at radius 3 is 2.69 bits per heavy atom. The highest BCUT2D eigenvalue weighted by molar-refractivity contribution is 8.13. The maximum atomic E-state index is 11.1. The fourth-order valence-corrected chi connectivity index (χ4v) is 3.70. The molecule has 0 fully saturated rings. The van der Waals surface area contributed by atoms with Gasteiger partial charge in [0.15, 0.2) is 5.17 Å². The summed E-state index contributed by atoms with van der Waals surface area (Å²) in [5, 5.41) is 4.04. The van der Waals surface area contributed by atoms with Crippen LogP contribution in [0.15, 0.2) is 4.99 Å². The van der Waals surface area contributed by atoms with Gasteiger partial charge < -0.3 is 5.32 Å². The zero-order valence-corrected chi connectivity index (χ0v) is 11.9. The van der Waals surface area contributed by atoms with E-state index in [9.17, 15) is 8.42 Å². The van der Waals surface area contributed by atoms with Crippen LogP contribution < -0.4 is 5.32 Å². The molecule has 0 radical (unpaired) electrons. The highest BCUT2D eigenvalue weighted by atomic mass is 32.2. The van der Waals surface area contributed by atoms with Crippen molar-refractivity contribution in [3.63, 3.8) is 0 Å². The third kappa shape index (κ3) is 4.74. The van der Waals surface area contributed by atoms with Gasteiger partial charge in [0.05, 0.1) is 11.8 Å². The maximum absolute atomic E-state index is 11.1. The average Bonchev–Trinajstić information content (AvgIpc) is 2.08. The topological polar surface area (TPSA) is 58.5 Å². The van der Waals surface area contributed by atoms with Crippen molar-refractivity contribution in [2.24, 2.45) is 10.9 Å². The van der Waals surface area contributed by atoms with Gasteiger partial charge in [-0.1, -0.05) is 18.7 Å². The molecule has 1 N–H and O–H groups in total. The predicted molar refractivity (Wildman–Crippen MR) is 70.8 cm³/mol. The summed E-state index contributed by atoms with van der Waals surface area (Å²) in [7, 11) is -2.93. The molecule has 0 amide bonds. The standard InChI is InChI=1S/C10H20N2O2S2/c1-7-5-15-10(12-9(7)3)11-8(2)6-16(4,13)14/h7-9H,5-6H2,1-4H3,(H,11,12). The zero-order valence-electron chi connectivity index (χ0n) is 10.2. The Kier molecular flexibility index (Phi) is 4.67. The van der Waals surface area contributed by atoms with Gasteiger partial charge in [-0.15, -0.1) is 0 Å². The lowest BCUT2D eigenvalue weighted by Gasteiger charge is -2.25. The van der Waals surface area contributed by atoms with Crippen LogP contribution in [-0.2, 0) is 9.84 Å². The van der Waals surface area contributed by atoms with Crippen molar-refractivity contribution in [2.45, 2.75) is 32.9 Å². The van der Waals surface area contributed by atoms with E-state index in [4.69, 9.17) is 0 Å². The van der Waals surface area contributed by atoms with Gasteiger partial charge in [-0.05, 0) is 19.8 Å². The SMILES string of the molecule is CC(CS(C)(=O)=O)NC1=NC(C)C(C)CS1. The number of rotatable bonds is 3. The lowest BCUT2D eigenvalue weighted by Crippen LogP contribution is -2.39. The molecular formula is C10H20N2O2S2. The van der Waals surface area contributed by atoms with Crippen LogP contribution in [0.25, 0.3) is 0 Å². The summed E-state index contributed by atoms with van der Waals surface area (Å²) < 4.78 is 22.2. The fraction of sp³-hybridized carbons (Fsp3) is 0.900. The highest BCUT2D eigenvalue weighted by Crippen LogP contribution is 2.21. The van der Waals surface area contributed by atoms with E-state index in [1.165, 1.54) is 6.26 Å². The van der Waals surface area contributed by atoms with Crippen LogP contribution >= 0.6 is 11.8 Å². The van der Waals surface area contributed by atoms with Gasteiger partial charge in [0.25, 0.3) is 0 Å². The lowest BCUT2D eigenvalue weighted by molar-refractivity contribution is 0.532. The van der Waals surface area contributed by atoms with Gasteiger partial charge in [-0.2, -0.15) is 0 Å². The quantitative estimate of drug-likeness (QED) is 0.830. The van der Waals surface area contributed by atoms with E-state index in [-0.39, 0.29) is 11.8 Å². The molecule has 3 atom stereocenters. The van der Waals surface area contributed by atoms with Gasteiger partial charge in [-0.25, -0.2) is 8.42 Å². The summed E-state index contributed by atoms with van der Waals surface area (Å²) in [6, 6.07) is 0.232. The lowest BCUT2D eigenvalue weighted by atomic mass is 10.1. The van der Waals surface area contributed by atoms with Gasteiger partial charge in [0, 0.05) is 18.1 Å². The average molecular weight is 264 g/mol. The highest BCUT2D eigenvalue weighted by Gasteiger charge is 2.20. The normalized spacial score (nSPS) is 28.4. The molecule has 0 saturated heterocycles. The van der Waals surface area contributed by atoms with Crippen LogP contribution in [0.5, 0.6) is 0 Å². The molecule has 4 nitrogen and oxygen atoms in total. The van der Waals surface area contributed by atoms with Crippen LogP contribution in [0.4, 0.5) is 0 Å².